The van der Waals surface area contributed by atoms with Gasteiger partial charge in [-0.3, -0.25) is 4.79 Å². The topological polar surface area (TPSA) is 73.3 Å². The molecule has 1 aliphatic rings. The van der Waals surface area contributed by atoms with Crippen LogP contribution < -0.4 is 10.1 Å². The van der Waals surface area contributed by atoms with Gasteiger partial charge in [-0.1, -0.05) is 12.1 Å². The maximum absolute atomic E-state index is 12.8. The van der Waals surface area contributed by atoms with Crippen molar-refractivity contribution in [2.75, 3.05) is 13.2 Å². The maximum atomic E-state index is 12.8. The number of nitrogens with one attached hydrogen (secondary N) is 1. The highest BCUT2D eigenvalue weighted by Crippen LogP contribution is 2.34. The highest BCUT2D eigenvalue weighted by atomic mass is 19.4. The van der Waals surface area contributed by atoms with Crippen LogP contribution in [-0.4, -0.2) is 41.2 Å². The van der Waals surface area contributed by atoms with Crippen molar-refractivity contribution in [1.82, 2.24) is 15.3 Å². The molecule has 1 aromatic carbocycles. The number of hydrogen-bond donors (Lipinski definition) is 1. The molecule has 1 aromatic heterocycles. The zero-order valence-corrected chi connectivity index (χ0v) is 17.7. The molecule has 1 fully saturated rings. The summed E-state index contributed by atoms with van der Waals surface area (Å²) in [5, 5.41) is 2.78. The van der Waals surface area contributed by atoms with Crippen molar-refractivity contribution < 1.29 is 27.4 Å². The van der Waals surface area contributed by atoms with E-state index in [-0.39, 0.29) is 18.1 Å². The van der Waals surface area contributed by atoms with Gasteiger partial charge < -0.3 is 14.8 Å². The van der Waals surface area contributed by atoms with Crippen LogP contribution in [0, 0.1) is 12.8 Å². The first-order valence-corrected chi connectivity index (χ1v) is 10.1. The molecular formula is C22H26F3N3O3. The third kappa shape index (κ3) is 6.16. The average molecular weight is 437 g/mol. The summed E-state index contributed by atoms with van der Waals surface area (Å²) in [5.74, 6) is 0.686. The number of carbonyl (C=O) groups is 1. The second-order valence-electron chi connectivity index (χ2n) is 7.93. The van der Waals surface area contributed by atoms with Gasteiger partial charge in [-0.2, -0.15) is 13.2 Å². The Kier molecular flexibility index (Phi) is 7.15. The maximum Gasteiger partial charge on any atom is 0.416 e. The normalized spacial score (nSPS) is 19.4. The molecule has 31 heavy (non-hydrogen) atoms. The Bertz CT molecular complexity index is 897. The SMILES string of the molecule is CC(=O)N[C@@H](C)COC1CC(COc2ncnc(-c3ccc(C(F)(F)F)cc3)c2C)C1. The molecular weight excluding hydrogens is 411 g/mol. The van der Waals surface area contributed by atoms with Crippen molar-refractivity contribution in [2.24, 2.45) is 5.92 Å². The van der Waals surface area contributed by atoms with Gasteiger partial charge in [0.2, 0.25) is 11.8 Å². The monoisotopic (exact) mass is 437 g/mol. The zero-order chi connectivity index (χ0) is 22.6. The van der Waals surface area contributed by atoms with Gasteiger partial charge in [-0.15, -0.1) is 0 Å². The van der Waals surface area contributed by atoms with Gasteiger partial charge in [0.1, 0.15) is 6.33 Å². The number of ether oxygens (including phenoxy) is 2. The van der Waals surface area contributed by atoms with Gasteiger partial charge in [-0.05, 0) is 44.7 Å². The smallest absolute Gasteiger partial charge is 0.416 e. The fraction of sp³-hybridized carbons (Fsp3) is 0.500. The first kappa shape index (κ1) is 23.0. The van der Waals surface area contributed by atoms with E-state index in [1.165, 1.54) is 25.4 Å². The van der Waals surface area contributed by atoms with Crippen LogP contribution in [0.3, 0.4) is 0 Å². The number of hydrogen-bond acceptors (Lipinski definition) is 5. The van der Waals surface area contributed by atoms with Crippen LogP contribution in [0.2, 0.25) is 0 Å². The molecule has 0 unspecified atom stereocenters. The molecule has 1 aliphatic carbocycles. The molecule has 0 saturated heterocycles. The first-order valence-electron chi connectivity index (χ1n) is 10.1. The fourth-order valence-corrected chi connectivity index (χ4v) is 3.50. The van der Waals surface area contributed by atoms with Crippen molar-refractivity contribution >= 4 is 5.91 Å². The molecule has 6 nitrogen and oxygen atoms in total. The molecule has 2 aromatic rings. The quantitative estimate of drug-likeness (QED) is 0.671. The second kappa shape index (κ2) is 9.64. The van der Waals surface area contributed by atoms with Crippen molar-refractivity contribution in [2.45, 2.75) is 51.9 Å². The fourth-order valence-electron chi connectivity index (χ4n) is 3.50. The first-order chi connectivity index (χ1) is 14.6. The van der Waals surface area contributed by atoms with Crippen LogP contribution in [0.25, 0.3) is 11.3 Å². The summed E-state index contributed by atoms with van der Waals surface area (Å²) in [4.78, 5) is 19.4. The number of aromatic nitrogens is 2. The molecule has 1 saturated carbocycles. The van der Waals surface area contributed by atoms with Crippen LogP contribution in [0.15, 0.2) is 30.6 Å². The lowest BCUT2D eigenvalue weighted by atomic mass is 9.83. The Hall–Kier alpha value is -2.68. The van der Waals surface area contributed by atoms with Gasteiger partial charge in [-0.25, -0.2) is 9.97 Å². The van der Waals surface area contributed by atoms with Crippen molar-refractivity contribution in [3.05, 3.63) is 41.7 Å². The summed E-state index contributed by atoms with van der Waals surface area (Å²) in [7, 11) is 0. The van der Waals surface area contributed by atoms with Crippen LogP contribution in [0.4, 0.5) is 13.2 Å². The molecule has 168 valence electrons. The highest BCUT2D eigenvalue weighted by Gasteiger charge is 2.31. The highest BCUT2D eigenvalue weighted by molar-refractivity contribution is 5.73. The standard InChI is InChI=1S/C22H26F3N3O3/c1-13(28-15(3)29)10-30-19-8-16(9-19)11-31-21-14(2)20(26-12-27-21)17-4-6-18(7-5-17)22(23,24)25/h4-7,12-13,16,19H,8-11H2,1-3H3,(H,28,29)/t13-,16?,19?/m0/s1. The summed E-state index contributed by atoms with van der Waals surface area (Å²) >= 11 is 0. The molecule has 3 rings (SSSR count). The van der Waals surface area contributed by atoms with E-state index < -0.39 is 11.7 Å². The Labute approximate surface area is 179 Å². The summed E-state index contributed by atoms with van der Waals surface area (Å²) in [6, 6.07) is 4.85. The predicted octanol–water partition coefficient (Wildman–Crippen LogP) is 4.17. The molecule has 1 N–H and O–H groups in total. The second-order valence-corrected chi connectivity index (χ2v) is 7.93. The number of amides is 1. The van der Waals surface area contributed by atoms with Gasteiger partial charge in [0.25, 0.3) is 0 Å². The lowest BCUT2D eigenvalue weighted by Gasteiger charge is -2.35. The minimum Gasteiger partial charge on any atom is -0.477 e. The lowest BCUT2D eigenvalue weighted by molar-refractivity contribution is -0.137. The van der Waals surface area contributed by atoms with Crippen LogP contribution in [0.5, 0.6) is 5.88 Å². The van der Waals surface area contributed by atoms with Crippen molar-refractivity contribution in [3.63, 3.8) is 0 Å². The number of nitrogens with zero attached hydrogens (tertiary/aromatic N) is 2. The van der Waals surface area contributed by atoms with E-state index in [9.17, 15) is 18.0 Å². The Morgan fingerprint density at radius 2 is 1.90 bits per heavy atom. The molecule has 9 heteroatoms. The predicted molar refractivity (Wildman–Crippen MR) is 108 cm³/mol. The lowest BCUT2D eigenvalue weighted by Crippen LogP contribution is -2.40. The van der Waals surface area contributed by atoms with E-state index in [1.807, 2.05) is 6.92 Å². The van der Waals surface area contributed by atoms with E-state index in [0.29, 0.717) is 41.8 Å². The summed E-state index contributed by atoms with van der Waals surface area (Å²) in [5.41, 5.74) is 1.09. The minimum atomic E-state index is -4.38. The molecule has 0 aliphatic heterocycles. The number of carbonyl (C=O) groups excluding carboxylic acids is 1. The number of benzene rings is 1. The molecule has 0 spiro atoms. The summed E-state index contributed by atoms with van der Waals surface area (Å²) < 4.78 is 50.0. The van der Waals surface area contributed by atoms with E-state index in [4.69, 9.17) is 9.47 Å². The van der Waals surface area contributed by atoms with Crippen LogP contribution in [-0.2, 0) is 15.7 Å². The molecule has 1 atom stereocenters. The van der Waals surface area contributed by atoms with Gasteiger partial charge in [0.05, 0.1) is 30.6 Å². The average Bonchev–Trinajstić information content (AvgIpc) is 2.66. The van der Waals surface area contributed by atoms with Crippen LogP contribution >= 0.6 is 0 Å². The third-order valence-electron chi connectivity index (χ3n) is 5.20. The summed E-state index contributed by atoms with van der Waals surface area (Å²) in [6.45, 7) is 6.11. The third-order valence-corrected chi connectivity index (χ3v) is 5.20. The molecule has 0 radical (unpaired) electrons. The van der Waals surface area contributed by atoms with E-state index >= 15 is 0 Å². The van der Waals surface area contributed by atoms with Crippen molar-refractivity contribution in [3.8, 4) is 17.1 Å². The number of halogens is 3. The van der Waals surface area contributed by atoms with Crippen molar-refractivity contribution in [1.29, 1.82) is 0 Å². The van der Waals surface area contributed by atoms with E-state index in [0.717, 1.165) is 25.0 Å². The number of rotatable bonds is 8. The van der Waals surface area contributed by atoms with E-state index in [2.05, 4.69) is 15.3 Å². The van der Waals surface area contributed by atoms with Gasteiger partial charge in [0, 0.05) is 24.1 Å². The number of alkyl halides is 3. The Balaban J connectivity index is 1.51. The zero-order valence-electron chi connectivity index (χ0n) is 17.7. The van der Waals surface area contributed by atoms with Gasteiger partial charge >= 0.3 is 6.18 Å². The van der Waals surface area contributed by atoms with E-state index in [1.54, 1.807) is 6.92 Å². The largest absolute Gasteiger partial charge is 0.477 e. The Morgan fingerprint density at radius 1 is 1.23 bits per heavy atom. The Morgan fingerprint density at radius 3 is 2.52 bits per heavy atom. The molecule has 0 bridgehead atoms. The van der Waals surface area contributed by atoms with Crippen LogP contribution in [0.1, 0.15) is 37.8 Å². The molecule has 1 heterocycles. The minimum absolute atomic E-state index is 0.0277. The summed E-state index contributed by atoms with van der Waals surface area (Å²) in [6.07, 6.45) is -1.14. The molecule has 1 amide bonds. The van der Waals surface area contributed by atoms with Gasteiger partial charge in [0.15, 0.2) is 0 Å².